The molecule has 2 N–H and O–H groups in total. The molecule has 0 bridgehead atoms. The van der Waals surface area contributed by atoms with Crippen LogP contribution in [-0.2, 0) is 11.2 Å². The van der Waals surface area contributed by atoms with E-state index in [0.717, 1.165) is 17.7 Å². The van der Waals surface area contributed by atoms with Crippen molar-refractivity contribution in [1.29, 1.82) is 0 Å². The van der Waals surface area contributed by atoms with E-state index in [1.54, 1.807) is 6.92 Å². The molecule has 0 saturated heterocycles. The predicted octanol–water partition coefficient (Wildman–Crippen LogP) is 3.65. The summed E-state index contributed by atoms with van der Waals surface area (Å²) in [7, 11) is 0. The van der Waals surface area contributed by atoms with E-state index in [9.17, 15) is 9.90 Å². The molecule has 1 fully saturated rings. The van der Waals surface area contributed by atoms with Crippen LogP contribution in [0.15, 0.2) is 24.3 Å². The van der Waals surface area contributed by atoms with E-state index in [1.807, 2.05) is 24.3 Å². The number of aliphatic hydroxyl groups is 1. The lowest BCUT2D eigenvalue weighted by Gasteiger charge is -2.22. The Morgan fingerprint density at radius 1 is 1.16 bits per heavy atom. The second kappa shape index (κ2) is 11.3. The Bertz CT molecular complexity index is 492. The lowest BCUT2D eigenvalue weighted by atomic mass is 9.96. The van der Waals surface area contributed by atoms with Gasteiger partial charge in [0, 0.05) is 19.0 Å². The van der Waals surface area contributed by atoms with Gasteiger partial charge < -0.3 is 20.0 Å². The Kier molecular flexibility index (Phi) is 8.98. The molecule has 0 heterocycles. The molecule has 1 atom stereocenters. The Labute approximate surface area is 152 Å². The molecule has 0 radical (unpaired) electrons. The topological polar surface area (TPSA) is 58.6 Å². The van der Waals surface area contributed by atoms with Crippen LogP contribution in [-0.4, -0.2) is 36.2 Å². The first-order chi connectivity index (χ1) is 12.1. The van der Waals surface area contributed by atoms with E-state index in [1.165, 1.54) is 44.9 Å². The van der Waals surface area contributed by atoms with Crippen molar-refractivity contribution >= 4 is 5.78 Å². The fraction of sp³-hybridized carbons (Fsp3) is 0.667. The van der Waals surface area contributed by atoms with Gasteiger partial charge in [0.15, 0.2) is 0 Å². The van der Waals surface area contributed by atoms with E-state index >= 15 is 0 Å². The SMILES string of the molecule is CC(=O)CCc1ccc(OC[C@@H](O)CNC2CCCCCCC2)cc1. The summed E-state index contributed by atoms with van der Waals surface area (Å²) < 4.78 is 5.68. The molecule has 1 aromatic carbocycles. The van der Waals surface area contributed by atoms with Crippen molar-refractivity contribution in [3.63, 3.8) is 0 Å². The Balaban J connectivity index is 1.65. The first kappa shape index (κ1) is 19.9. The fourth-order valence-electron chi connectivity index (χ4n) is 3.29. The summed E-state index contributed by atoms with van der Waals surface area (Å²) in [5.41, 5.74) is 1.13. The van der Waals surface area contributed by atoms with Crippen LogP contribution < -0.4 is 10.1 Å². The summed E-state index contributed by atoms with van der Waals surface area (Å²) in [5, 5.41) is 13.6. The van der Waals surface area contributed by atoms with Crippen LogP contribution in [0, 0.1) is 0 Å². The van der Waals surface area contributed by atoms with Crippen LogP contribution in [0.3, 0.4) is 0 Å². The average molecular weight is 347 g/mol. The quantitative estimate of drug-likeness (QED) is 0.716. The number of ether oxygens (including phenoxy) is 1. The molecular weight excluding hydrogens is 314 g/mol. The zero-order chi connectivity index (χ0) is 17.9. The number of hydrogen-bond donors (Lipinski definition) is 2. The molecule has 1 aliphatic carbocycles. The van der Waals surface area contributed by atoms with E-state index < -0.39 is 6.10 Å². The van der Waals surface area contributed by atoms with E-state index in [-0.39, 0.29) is 5.78 Å². The normalized spacial score (nSPS) is 17.5. The first-order valence-corrected chi connectivity index (χ1v) is 9.76. The number of carbonyl (C=O) groups is 1. The Morgan fingerprint density at radius 2 is 1.80 bits per heavy atom. The van der Waals surface area contributed by atoms with Crippen LogP contribution in [0.4, 0.5) is 0 Å². The van der Waals surface area contributed by atoms with Crippen molar-refractivity contribution < 1.29 is 14.6 Å². The summed E-state index contributed by atoms with van der Waals surface area (Å²) in [6.45, 7) is 2.50. The van der Waals surface area contributed by atoms with Gasteiger partial charge in [-0.3, -0.25) is 0 Å². The van der Waals surface area contributed by atoms with Gasteiger partial charge in [0.05, 0.1) is 0 Å². The molecule has 0 spiro atoms. The van der Waals surface area contributed by atoms with Crippen LogP contribution in [0.1, 0.15) is 63.9 Å². The van der Waals surface area contributed by atoms with Gasteiger partial charge in [-0.1, -0.05) is 44.2 Å². The van der Waals surface area contributed by atoms with Crippen LogP contribution in [0.2, 0.25) is 0 Å². The third kappa shape index (κ3) is 8.50. The number of hydrogen-bond acceptors (Lipinski definition) is 4. The Hall–Kier alpha value is -1.39. The molecule has 0 aliphatic heterocycles. The van der Waals surface area contributed by atoms with Crippen molar-refractivity contribution in [2.45, 2.75) is 76.9 Å². The highest BCUT2D eigenvalue weighted by Crippen LogP contribution is 2.17. The molecule has 1 aliphatic rings. The second-order valence-corrected chi connectivity index (χ2v) is 7.26. The maximum Gasteiger partial charge on any atom is 0.130 e. The number of benzene rings is 1. The first-order valence-electron chi connectivity index (χ1n) is 9.76. The van der Waals surface area contributed by atoms with Gasteiger partial charge in [0.1, 0.15) is 24.2 Å². The molecule has 4 nitrogen and oxygen atoms in total. The third-order valence-electron chi connectivity index (χ3n) is 4.88. The predicted molar refractivity (Wildman–Crippen MR) is 101 cm³/mol. The number of Topliss-reactive ketones (excluding diaryl/α,β-unsaturated/α-hetero) is 1. The zero-order valence-corrected chi connectivity index (χ0v) is 15.5. The summed E-state index contributed by atoms with van der Waals surface area (Å²) in [4.78, 5) is 11.0. The maximum absolute atomic E-state index is 11.0. The molecule has 2 rings (SSSR count). The van der Waals surface area contributed by atoms with Crippen LogP contribution in [0.25, 0.3) is 0 Å². The molecule has 140 valence electrons. The van der Waals surface area contributed by atoms with E-state index in [2.05, 4.69) is 5.32 Å². The van der Waals surface area contributed by atoms with Gasteiger partial charge >= 0.3 is 0 Å². The van der Waals surface area contributed by atoms with Crippen molar-refractivity contribution in [3.05, 3.63) is 29.8 Å². The monoisotopic (exact) mass is 347 g/mol. The Morgan fingerprint density at radius 3 is 2.44 bits per heavy atom. The molecule has 1 saturated carbocycles. The third-order valence-corrected chi connectivity index (χ3v) is 4.88. The largest absolute Gasteiger partial charge is 0.491 e. The van der Waals surface area contributed by atoms with E-state index in [0.29, 0.717) is 25.6 Å². The van der Waals surface area contributed by atoms with Gasteiger partial charge in [-0.25, -0.2) is 0 Å². The van der Waals surface area contributed by atoms with Crippen LogP contribution >= 0.6 is 0 Å². The molecule has 4 heteroatoms. The standard InChI is InChI=1S/C21H33NO3/c1-17(23)9-10-18-11-13-21(14-12-18)25-16-20(24)15-22-19-7-5-3-2-4-6-8-19/h11-14,19-20,22,24H,2-10,15-16H2,1H3/t20-/m0/s1. The number of ketones is 1. The summed E-state index contributed by atoms with van der Waals surface area (Å²) in [5.74, 6) is 0.969. The average Bonchev–Trinajstić information content (AvgIpc) is 2.58. The van der Waals surface area contributed by atoms with Crippen LogP contribution in [0.5, 0.6) is 5.75 Å². The molecule has 1 aromatic rings. The zero-order valence-electron chi connectivity index (χ0n) is 15.5. The number of nitrogens with one attached hydrogen (secondary N) is 1. The molecule has 0 aromatic heterocycles. The summed E-state index contributed by atoms with van der Waals surface area (Å²) >= 11 is 0. The lowest BCUT2D eigenvalue weighted by Crippen LogP contribution is -2.38. The molecule has 25 heavy (non-hydrogen) atoms. The molecule has 0 unspecified atom stereocenters. The summed E-state index contributed by atoms with van der Waals surface area (Å²) in [6, 6.07) is 8.32. The summed E-state index contributed by atoms with van der Waals surface area (Å²) in [6.07, 6.45) is 9.91. The maximum atomic E-state index is 11.0. The minimum absolute atomic E-state index is 0.209. The minimum atomic E-state index is -0.497. The van der Waals surface area contributed by atoms with E-state index in [4.69, 9.17) is 4.74 Å². The van der Waals surface area contributed by atoms with Gasteiger partial charge in [-0.15, -0.1) is 0 Å². The number of rotatable bonds is 9. The van der Waals surface area contributed by atoms with Crippen molar-refractivity contribution in [2.75, 3.05) is 13.2 Å². The van der Waals surface area contributed by atoms with Gasteiger partial charge in [-0.05, 0) is 43.9 Å². The second-order valence-electron chi connectivity index (χ2n) is 7.26. The highest BCUT2D eigenvalue weighted by molar-refractivity contribution is 5.75. The highest BCUT2D eigenvalue weighted by atomic mass is 16.5. The minimum Gasteiger partial charge on any atom is -0.491 e. The number of aliphatic hydroxyl groups excluding tert-OH is 1. The highest BCUT2D eigenvalue weighted by Gasteiger charge is 2.13. The van der Waals surface area contributed by atoms with Gasteiger partial charge in [0.2, 0.25) is 0 Å². The lowest BCUT2D eigenvalue weighted by molar-refractivity contribution is -0.116. The smallest absolute Gasteiger partial charge is 0.130 e. The van der Waals surface area contributed by atoms with Gasteiger partial charge in [0.25, 0.3) is 0 Å². The van der Waals surface area contributed by atoms with Crippen molar-refractivity contribution in [3.8, 4) is 5.75 Å². The fourth-order valence-corrected chi connectivity index (χ4v) is 3.29. The molecular formula is C21H33NO3. The number of carbonyl (C=O) groups excluding carboxylic acids is 1. The van der Waals surface area contributed by atoms with Crippen molar-refractivity contribution in [1.82, 2.24) is 5.32 Å². The van der Waals surface area contributed by atoms with Gasteiger partial charge in [-0.2, -0.15) is 0 Å². The van der Waals surface area contributed by atoms with Crippen molar-refractivity contribution in [2.24, 2.45) is 0 Å². The molecule has 0 amide bonds. The number of aryl methyl sites for hydroxylation is 1.